The highest BCUT2D eigenvalue weighted by Gasteiger charge is 1.95. The van der Waals surface area contributed by atoms with E-state index >= 15 is 0 Å². The molecule has 1 heteroatoms. The second kappa shape index (κ2) is 7.09. The SMILES string of the molecule is C#CCCCNCCc1ccccc1C. The summed E-state index contributed by atoms with van der Waals surface area (Å²) in [5, 5.41) is 3.40. The average molecular weight is 201 g/mol. The maximum atomic E-state index is 5.18. The number of rotatable bonds is 6. The molecule has 1 rings (SSSR count). The first-order valence-electron chi connectivity index (χ1n) is 5.53. The van der Waals surface area contributed by atoms with Crippen LogP contribution < -0.4 is 5.32 Å². The number of benzene rings is 1. The van der Waals surface area contributed by atoms with Gasteiger partial charge in [0, 0.05) is 6.42 Å². The molecule has 0 radical (unpaired) electrons. The predicted octanol–water partition coefficient (Wildman–Crippen LogP) is 2.54. The highest BCUT2D eigenvalue weighted by Crippen LogP contribution is 2.06. The van der Waals surface area contributed by atoms with Gasteiger partial charge in [0.05, 0.1) is 0 Å². The van der Waals surface area contributed by atoms with Crippen LogP contribution in [-0.4, -0.2) is 13.1 Å². The first-order valence-corrected chi connectivity index (χ1v) is 5.53. The molecule has 0 saturated heterocycles. The molecule has 0 saturated carbocycles. The largest absolute Gasteiger partial charge is 0.316 e. The van der Waals surface area contributed by atoms with E-state index in [9.17, 15) is 0 Å². The van der Waals surface area contributed by atoms with E-state index in [0.29, 0.717) is 0 Å². The minimum atomic E-state index is 0.872. The van der Waals surface area contributed by atoms with E-state index in [0.717, 1.165) is 32.4 Å². The van der Waals surface area contributed by atoms with Gasteiger partial charge in [-0.25, -0.2) is 0 Å². The van der Waals surface area contributed by atoms with E-state index in [1.807, 2.05) is 0 Å². The molecule has 0 bridgehead atoms. The molecule has 0 spiro atoms. The summed E-state index contributed by atoms with van der Waals surface area (Å²) in [6.45, 7) is 4.22. The van der Waals surface area contributed by atoms with Gasteiger partial charge < -0.3 is 5.32 Å². The van der Waals surface area contributed by atoms with Crippen LogP contribution in [0.4, 0.5) is 0 Å². The molecule has 15 heavy (non-hydrogen) atoms. The van der Waals surface area contributed by atoms with Crippen LogP contribution >= 0.6 is 0 Å². The average Bonchev–Trinajstić information content (AvgIpc) is 2.25. The normalized spacial score (nSPS) is 9.87. The van der Waals surface area contributed by atoms with Crippen molar-refractivity contribution in [3.05, 3.63) is 35.4 Å². The molecule has 0 amide bonds. The lowest BCUT2D eigenvalue weighted by Gasteiger charge is -2.06. The molecule has 0 fully saturated rings. The maximum absolute atomic E-state index is 5.18. The number of aryl methyl sites for hydroxylation is 1. The summed E-state index contributed by atoms with van der Waals surface area (Å²) in [5.74, 6) is 2.65. The van der Waals surface area contributed by atoms with Gasteiger partial charge in [0.25, 0.3) is 0 Å². The van der Waals surface area contributed by atoms with Gasteiger partial charge in [0.1, 0.15) is 0 Å². The number of terminal acetylenes is 1. The zero-order valence-corrected chi connectivity index (χ0v) is 9.42. The van der Waals surface area contributed by atoms with E-state index in [1.165, 1.54) is 11.1 Å². The Hall–Kier alpha value is -1.26. The molecule has 1 nitrogen and oxygen atoms in total. The lowest BCUT2D eigenvalue weighted by atomic mass is 10.1. The van der Waals surface area contributed by atoms with Crippen molar-refractivity contribution < 1.29 is 0 Å². The second-order valence-corrected chi connectivity index (χ2v) is 3.73. The quantitative estimate of drug-likeness (QED) is 0.551. The smallest absolute Gasteiger partial charge is 0.00981 e. The second-order valence-electron chi connectivity index (χ2n) is 3.73. The highest BCUT2D eigenvalue weighted by atomic mass is 14.8. The number of hydrogen-bond acceptors (Lipinski definition) is 1. The van der Waals surface area contributed by atoms with Crippen molar-refractivity contribution in [3.8, 4) is 12.3 Å². The lowest BCUT2D eigenvalue weighted by Crippen LogP contribution is -2.18. The molecule has 0 aliphatic rings. The van der Waals surface area contributed by atoms with Crippen molar-refractivity contribution >= 4 is 0 Å². The minimum absolute atomic E-state index is 0.872. The van der Waals surface area contributed by atoms with Crippen molar-refractivity contribution in [2.45, 2.75) is 26.2 Å². The first kappa shape index (κ1) is 11.8. The van der Waals surface area contributed by atoms with Gasteiger partial charge in [-0.15, -0.1) is 12.3 Å². The monoisotopic (exact) mass is 201 g/mol. The molecule has 1 aromatic rings. The van der Waals surface area contributed by atoms with Gasteiger partial charge in [-0.05, 0) is 44.0 Å². The predicted molar refractivity (Wildman–Crippen MR) is 65.8 cm³/mol. The van der Waals surface area contributed by atoms with Gasteiger partial charge in [-0.1, -0.05) is 24.3 Å². The number of hydrogen-bond donors (Lipinski definition) is 1. The van der Waals surface area contributed by atoms with Crippen LogP contribution in [0.5, 0.6) is 0 Å². The van der Waals surface area contributed by atoms with Crippen molar-refractivity contribution in [3.63, 3.8) is 0 Å². The third kappa shape index (κ3) is 4.67. The summed E-state index contributed by atoms with van der Waals surface area (Å²) in [6.07, 6.45) is 8.22. The van der Waals surface area contributed by atoms with Crippen molar-refractivity contribution in [2.24, 2.45) is 0 Å². The number of unbranched alkanes of at least 4 members (excludes halogenated alkanes) is 1. The maximum Gasteiger partial charge on any atom is 0.00981 e. The lowest BCUT2D eigenvalue weighted by molar-refractivity contribution is 0.655. The minimum Gasteiger partial charge on any atom is -0.316 e. The van der Waals surface area contributed by atoms with Crippen molar-refractivity contribution in [2.75, 3.05) is 13.1 Å². The van der Waals surface area contributed by atoms with Crippen LogP contribution in [0.15, 0.2) is 24.3 Å². The summed E-state index contributed by atoms with van der Waals surface area (Å²) >= 11 is 0. The Balaban J connectivity index is 2.16. The molecule has 1 aromatic carbocycles. The van der Waals surface area contributed by atoms with E-state index in [1.54, 1.807) is 0 Å². The van der Waals surface area contributed by atoms with Crippen LogP contribution in [0.3, 0.4) is 0 Å². The van der Waals surface area contributed by atoms with Gasteiger partial charge >= 0.3 is 0 Å². The first-order chi connectivity index (χ1) is 7.34. The summed E-state index contributed by atoms with van der Waals surface area (Å²) in [7, 11) is 0. The molecule has 80 valence electrons. The third-order valence-electron chi connectivity index (χ3n) is 2.51. The summed E-state index contributed by atoms with van der Waals surface area (Å²) in [5.41, 5.74) is 2.81. The molecule has 0 heterocycles. The summed E-state index contributed by atoms with van der Waals surface area (Å²) < 4.78 is 0. The Bertz CT molecular complexity index is 322. The van der Waals surface area contributed by atoms with Crippen molar-refractivity contribution in [1.29, 1.82) is 0 Å². The molecule has 0 aromatic heterocycles. The van der Waals surface area contributed by atoms with Crippen LogP contribution in [0, 0.1) is 19.3 Å². The number of nitrogens with one attached hydrogen (secondary N) is 1. The molecular formula is C14H19N. The Kier molecular flexibility index (Phi) is 5.58. The van der Waals surface area contributed by atoms with Gasteiger partial charge in [-0.2, -0.15) is 0 Å². The highest BCUT2D eigenvalue weighted by molar-refractivity contribution is 5.25. The standard InChI is InChI=1S/C14H19N/c1-3-4-7-11-15-12-10-14-9-6-5-8-13(14)2/h1,5-6,8-9,15H,4,7,10-12H2,2H3. The molecule has 0 unspecified atom stereocenters. The fraction of sp³-hybridized carbons (Fsp3) is 0.429. The van der Waals surface area contributed by atoms with Crippen LogP contribution in [0.2, 0.25) is 0 Å². The molecular weight excluding hydrogens is 182 g/mol. The Morgan fingerprint density at radius 2 is 2.07 bits per heavy atom. The Morgan fingerprint density at radius 3 is 2.80 bits per heavy atom. The molecule has 0 aliphatic heterocycles. The van der Waals surface area contributed by atoms with E-state index in [2.05, 4.69) is 42.4 Å². The van der Waals surface area contributed by atoms with Gasteiger partial charge in [0.15, 0.2) is 0 Å². The Morgan fingerprint density at radius 1 is 1.27 bits per heavy atom. The third-order valence-corrected chi connectivity index (χ3v) is 2.51. The van der Waals surface area contributed by atoms with Crippen molar-refractivity contribution in [1.82, 2.24) is 5.32 Å². The fourth-order valence-corrected chi connectivity index (χ4v) is 1.55. The van der Waals surface area contributed by atoms with Crippen LogP contribution in [0.25, 0.3) is 0 Å². The topological polar surface area (TPSA) is 12.0 Å². The van der Waals surface area contributed by atoms with E-state index in [4.69, 9.17) is 6.42 Å². The summed E-state index contributed by atoms with van der Waals surface area (Å²) in [6, 6.07) is 8.53. The van der Waals surface area contributed by atoms with Gasteiger partial charge in [0.2, 0.25) is 0 Å². The van der Waals surface area contributed by atoms with Crippen LogP contribution in [-0.2, 0) is 6.42 Å². The van der Waals surface area contributed by atoms with E-state index < -0.39 is 0 Å². The summed E-state index contributed by atoms with van der Waals surface area (Å²) in [4.78, 5) is 0. The Labute approximate surface area is 92.9 Å². The fourth-order valence-electron chi connectivity index (χ4n) is 1.55. The zero-order chi connectivity index (χ0) is 10.9. The zero-order valence-electron chi connectivity index (χ0n) is 9.42. The molecule has 1 N–H and O–H groups in total. The van der Waals surface area contributed by atoms with Crippen LogP contribution in [0.1, 0.15) is 24.0 Å². The van der Waals surface area contributed by atoms with E-state index in [-0.39, 0.29) is 0 Å². The van der Waals surface area contributed by atoms with Gasteiger partial charge in [-0.3, -0.25) is 0 Å². The molecule has 0 aliphatic carbocycles. The molecule has 0 atom stereocenters.